The number of carbonyl (C=O) groups is 1. The summed E-state index contributed by atoms with van der Waals surface area (Å²) in [6.07, 6.45) is 1.23. The zero-order chi connectivity index (χ0) is 14.3. The first kappa shape index (κ1) is 14.9. The van der Waals surface area contributed by atoms with Crippen molar-refractivity contribution in [1.82, 2.24) is 20.3 Å². The van der Waals surface area contributed by atoms with Gasteiger partial charge >= 0.3 is 6.01 Å². The van der Waals surface area contributed by atoms with Gasteiger partial charge in [-0.25, -0.2) is 0 Å². The highest BCUT2D eigenvalue weighted by molar-refractivity contribution is 5.76. The Bertz CT molecular complexity index is 426. The normalized spacial score (nSPS) is 11.7. The molecule has 1 unspecified atom stereocenters. The van der Waals surface area contributed by atoms with E-state index in [0.29, 0.717) is 18.9 Å². The fraction of sp³-hybridized carbons (Fsp3) is 0.636. The Labute approximate surface area is 112 Å². The molecular weight excluding hydrogens is 248 g/mol. The van der Waals surface area contributed by atoms with E-state index >= 15 is 0 Å². The predicted molar refractivity (Wildman–Crippen MR) is 71.8 cm³/mol. The summed E-state index contributed by atoms with van der Waals surface area (Å²) < 4.78 is 4.87. The third kappa shape index (κ3) is 5.36. The lowest BCUT2D eigenvalue weighted by atomic mass is 10.2. The van der Waals surface area contributed by atoms with Crippen LogP contribution in [0.4, 0.5) is 11.9 Å². The van der Waals surface area contributed by atoms with Crippen molar-refractivity contribution in [3.8, 4) is 6.01 Å². The minimum absolute atomic E-state index is 0.0177. The van der Waals surface area contributed by atoms with Gasteiger partial charge in [-0.2, -0.15) is 15.0 Å². The van der Waals surface area contributed by atoms with Gasteiger partial charge in [-0.3, -0.25) is 4.79 Å². The molecule has 0 spiro atoms. The minimum Gasteiger partial charge on any atom is -0.467 e. The van der Waals surface area contributed by atoms with Gasteiger partial charge in [0.1, 0.15) is 0 Å². The molecule has 1 rings (SSSR count). The lowest BCUT2D eigenvalue weighted by Crippen LogP contribution is -2.33. The summed E-state index contributed by atoms with van der Waals surface area (Å²) >= 11 is 0. The number of aromatic nitrogens is 3. The first-order valence-corrected chi connectivity index (χ1v) is 6.14. The number of anilines is 2. The van der Waals surface area contributed by atoms with Crippen molar-refractivity contribution in [2.75, 3.05) is 24.7 Å². The number of methoxy groups -OCH3 is 1. The molecule has 0 aliphatic rings. The van der Waals surface area contributed by atoms with Crippen molar-refractivity contribution >= 4 is 17.8 Å². The molecule has 4 N–H and O–H groups in total. The Kier molecular flexibility index (Phi) is 5.77. The zero-order valence-electron chi connectivity index (χ0n) is 11.4. The molecule has 0 aliphatic heterocycles. The number of nitrogens with one attached hydrogen (secondary N) is 2. The molecular formula is C11H20N6O2. The van der Waals surface area contributed by atoms with E-state index in [4.69, 9.17) is 10.5 Å². The average molecular weight is 268 g/mol. The molecule has 106 valence electrons. The van der Waals surface area contributed by atoms with Crippen LogP contribution in [-0.4, -0.2) is 40.6 Å². The molecule has 0 aliphatic carbocycles. The number of nitrogen functional groups attached to an aromatic ring is 1. The van der Waals surface area contributed by atoms with Crippen LogP contribution in [0.1, 0.15) is 26.7 Å². The average Bonchev–Trinajstić information content (AvgIpc) is 2.37. The fourth-order valence-corrected chi connectivity index (χ4v) is 1.28. The minimum atomic E-state index is -0.0177. The SMILES string of the molecule is CCC(C)NC(=O)CCNc1nc(N)nc(OC)n1. The maximum absolute atomic E-state index is 11.5. The molecule has 1 heterocycles. The second-order valence-electron chi connectivity index (χ2n) is 4.06. The Morgan fingerprint density at radius 3 is 2.79 bits per heavy atom. The van der Waals surface area contributed by atoms with Crippen LogP contribution in [-0.2, 0) is 4.79 Å². The van der Waals surface area contributed by atoms with E-state index in [-0.39, 0.29) is 23.9 Å². The van der Waals surface area contributed by atoms with Gasteiger partial charge in [0.05, 0.1) is 7.11 Å². The van der Waals surface area contributed by atoms with Gasteiger partial charge < -0.3 is 21.1 Å². The number of rotatable bonds is 7. The van der Waals surface area contributed by atoms with Crippen LogP contribution in [0.3, 0.4) is 0 Å². The van der Waals surface area contributed by atoms with Gasteiger partial charge in [-0.05, 0) is 13.3 Å². The van der Waals surface area contributed by atoms with Crippen LogP contribution in [0, 0.1) is 0 Å². The summed E-state index contributed by atoms with van der Waals surface area (Å²) in [4.78, 5) is 23.1. The van der Waals surface area contributed by atoms with Crippen LogP contribution in [0.25, 0.3) is 0 Å². The molecule has 0 saturated heterocycles. The second kappa shape index (κ2) is 7.34. The van der Waals surface area contributed by atoms with Gasteiger partial charge in [0, 0.05) is 19.0 Å². The largest absolute Gasteiger partial charge is 0.467 e. The number of hydrogen-bond donors (Lipinski definition) is 3. The molecule has 8 nitrogen and oxygen atoms in total. The molecule has 19 heavy (non-hydrogen) atoms. The molecule has 1 amide bonds. The van der Waals surface area contributed by atoms with E-state index in [9.17, 15) is 4.79 Å². The van der Waals surface area contributed by atoms with Crippen molar-refractivity contribution in [2.45, 2.75) is 32.7 Å². The molecule has 0 aromatic carbocycles. The van der Waals surface area contributed by atoms with Crippen LogP contribution in [0.2, 0.25) is 0 Å². The molecule has 1 atom stereocenters. The van der Waals surface area contributed by atoms with Gasteiger partial charge in [0.2, 0.25) is 17.8 Å². The van der Waals surface area contributed by atoms with Crippen molar-refractivity contribution in [3.05, 3.63) is 0 Å². The van der Waals surface area contributed by atoms with E-state index in [1.165, 1.54) is 7.11 Å². The number of nitrogens with two attached hydrogens (primary N) is 1. The van der Waals surface area contributed by atoms with Crippen molar-refractivity contribution < 1.29 is 9.53 Å². The van der Waals surface area contributed by atoms with Gasteiger partial charge in [-0.1, -0.05) is 6.92 Å². The fourth-order valence-electron chi connectivity index (χ4n) is 1.28. The molecule has 1 aromatic rings. The summed E-state index contributed by atoms with van der Waals surface area (Å²) in [6, 6.07) is 0.319. The number of nitrogens with zero attached hydrogens (tertiary/aromatic N) is 3. The Morgan fingerprint density at radius 2 is 2.16 bits per heavy atom. The van der Waals surface area contributed by atoms with Crippen molar-refractivity contribution in [2.24, 2.45) is 0 Å². The number of ether oxygens (including phenoxy) is 1. The monoisotopic (exact) mass is 268 g/mol. The van der Waals surface area contributed by atoms with Gasteiger partial charge in [-0.15, -0.1) is 0 Å². The predicted octanol–water partition coefficient (Wildman–Crippen LogP) is 0.179. The number of hydrogen-bond acceptors (Lipinski definition) is 7. The van der Waals surface area contributed by atoms with Crippen molar-refractivity contribution in [3.63, 3.8) is 0 Å². The Balaban J connectivity index is 2.40. The lowest BCUT2D eigenvalue weighted by molar-refractivity contribution is -0.121. The molecule has 0 radical (unpaired) electrons. The highest BCUT2D eigenvalue weighted by Crippen LogP contribution is 2.07. The number of carbonyl (C=O) groups excluding carboxylic acids is 1. The standard InChI is InChI=1S/C11H20N6O2/c1-4-7(2)14-8(18)5-6-13-10-15-9(12)16-11(17-10)19-3/h7H,4-6H2,1-3H3,(H,14,18)(H3,12,13,15,16,17). The summed E-state index contributed by atoms with van der Waals surface area (Å²) in [6.45, 7) is 4.39. The highest BCUT2D eigenvalue weighted by Gasteiger charge is 2.07. The van der Waals surface area contributed by atoms with Crippen LogP contribution < -0.4 is 21.1 Å². The van der Waals surface area contributed by atoms with Crippen LogP contribution in [0.5, 0.6) is 6.01 Å². The third-order valence-corrected chi connectivity index (χ3v) is 2.47. The van der Waals surface area contributed by atoms with E-state index in [1.54, 1.807) is 0 Å². The summed E-state index contributed by atoms with van der Waals surface area (Å²) in [5.41, 5.74) is 5.49. The molecule has 0 fully saturated rings. The van der Waals surface area contributed by atoms with E-state index in [2.05, 4.69) is 25.6 Å². The quantitative estimate of drug-likeness (QED) is 0.646. The van der Waals surface area contributed by atoms with Crippen LogP contribution in [0.15, 0.2) is 0 Å². The lowest BCUT2D eigenvalue weighted by Gasteiger charge is -2.11. The summed E-state index contributed by atoms with van der Waals surface area (Å²) in [5, 5.41) is 5.77. The smallest absolute Gasteiger partial charge is 0.322 e. The molecule has 1 aromatic heterocycles. The maximum atomic E-state index is 11.5. The summed E-state index contributed by atoms with van der Waals surface area (Å²) in [5.74, 6) is 0.343. The Morgan fingerprint density at radius 1 is 1.42 bits per heavy atom. The second-order valence-corrected chi connectivity index (χ2v) is 4.06. The van der Waals surface area contributed by atoms with E-state index < -0.39 is 0 Å². The Hall–Kier alpha value is -2.12. The van der Waals surface area contributed by atoms with E-state index in [1.807, 2.05) is 13.8 Å². The van der Waals surface area contributed by atoms with Crippen molar-refractivity contribution in [1.29, 1.82) is 0 Å². The van der Waals surface area contributed by atoms with Gasteiger partial charge in [0.15, 0.2) is 0 Å². The highest BCUT2D eigenvalue weighted by atomic mass is 16.5. The van der Waals surface area contributed by atoms with Crippen LogP contribution >= 0.6 is 0 Å². The maximum Gasteiger partial charge on any atom is 0.322 e. The summed E-state index contributed by atoms with van der Waals surface area (Å²) in [7, 11) is 1.44. The zero-order valence-corrected chi connectivity index (χ0v) is 11.4. The first-order chi connectivity index (χ1) is 9.05. The van der Waals surface area contributed by atoms with E-state index in [0.717, 1.165) is 6.42 Å². The topological polar surface area (TPSA) is 115 Å². The third-order valence-electron chi connectivity index (χ3n) is 2.47. The number of amides is 1. The first-order valence-electron chi connectivity index (χ1n) is 6.14. The molecule has 0 saturated carbocycles. The van der Waals surface area contributed by atoms with Gasteiger partial charge in [0.25, 0.3) is 0 Å². The molecule has 8 heteroatoms. The molecule has 0 bridgehead atoms.